The first-order chi connectivity index (χ1) is 9.47. The lowest BCUT2D eigenvalue weighted by atomic mass is 10.2. The van der Waals surface area contributed by atoms with E-state index in [-0.39, 0.29) is 17.1 Å². The second-order valence-electron chi connectivity index (χ2n) is 4.06. The highest BCUT2D eigenvalue weighted by molar-refractivity contribution is 9.10. The fourth-order valence-corrected chi connectivity index (χ4v) is 2.09. The summed E-state index contributed by atoms with van der Waals surface area (Å²) >= 11 is 3.18. The molecule has 0 aliphatic carbocycles. The van der Waals surface area contributed by atoms with Gasteiger partial charge in [-0.15, -0.1) is 0 Å². The number of nitrogens with one attached hydrogen (secondary N) is 1. The van der Waals surface area contributed by atoms with Crippen LogP contribution in [0.1, 0.15) is 5.56 Å². The van der Waals surface area contributed by atoms with Gasteiger partial charge in [0, 0.05) is 6.54 Å². The van der Waals surface area contributed by atoms with Gasteiger partial charge in [0.1, 0.15) is 17.3 Å². The van der Waals surface area contributed by atoms with Crippen molar-refractivity contribution in [3.8, 4) is 5.75 Å². The molecule has 20 heavy (non-hydrogen) atoms. The van der Waals surface area contributed by atoms with Gasteiger partial charge in [-0.05, 0) is 45.8 Å². The van der Waals surface area contributed by atoms with Gasteiger partial charge < -0.3 is 10.4 Å². The topological polar surface area (TPSA) is 75.4 Å². The molecular formula is C13H10BrFN2O3. The van der Waals surface area contributed by atoms with Gasteiger partial charge in [-0.1, -0.05) is 6.07 Å². The molecule has 0 aliphatic heterocycles. The minimum Gasteiger partial charge on any atom is -0.507 e. The zero-order chi connectivity index (χ0) is 14.7. The van der Waals surface area contributed by atoms with E-state index in [0.717, 1.165) is 17.7 Å². The first-order valence-electron chi connectivity index (χ1n) is 5.62. The second kappa shape index (κ2) is 5.87. The Hall–Kier alpha value is -2.15. The number of aromatic hydroxyl groups is 1. The van der Waals surface area contributed by atoms with Crippen LogP contribution >= 0.6 is 15.9 Å². The van der Waals surface area contributed by atoms with Crippen molar-refractivity contribution in [3.05, 3.63) is 62.4 Å². The highest BCUT2D eigenvalue weighted by atomic mass is 79.9. The highest BCUT2D eigenvalue weighted by Gasteiger charge is 2.14. The standard InChI is InChI=1S/C13H10BrFN2O3/c14-10-5-8(1-4-13(10)18)7-16-11-3-2-9(15)6-12(11)17(19)20/h1-6,16,18H,7H2. The maximum absolute atomic E-state index is 13.0. The van der Waals surface area contributed by atoms with E-state index < -0.39 is 10.7 Å². The number of hydrogen-bond donors (Lipinski definition) is 2. The molecule has 0 radical (unpaired) electrons. The molecule has 7 heteroatoms. The van der Waals surface area contributed by atoms with Gasteiger partial charge in [-0.2, -0.15) is 0 Å². The summed E-state index contributed by atoms with van der Waals surface area (Å²) < 4.78 is 13.5. The van der Waals surface area contributed by atoms with Crippen LogP contribution in [-0.4, -0.2) is 10.0 Å². The van der Waals surface area contributed by atoms with E-state index in [4.69, 9.17) is 0 Å². The van der Waals surface area contributed by atoms with Crippen LogP contribution in [0.2, 0.25) is 0 Å². The molecule has 0 aromatic heterocycles. The Balaban J connectivity index is 2.18. The molecule has 0 heterocycles. The number of phenols is 1. The molecule has 0 unspecified atom stereocenters. The Morgan fingerprint density at radius 2 is 2.05 bits per heavy atom. The highest BCUT2D eigenvalue weighted by Crippen LogP contribution is 2.27. The number of anilines is 1. The molecule has 2 rings (SSSR count). The molecule has 0 amide bonds. The minimum atomic E-state index is -0.658. The van der Waals surface area contributed by atoms with E-state index in [9.17, 15) is 19.6 Å². The molecule has 104 valence electrons. The van der Waals surface area contributed by atoms with Crippen LogP contribution in [0.3, 0.4) is 0 Å². The van der Waals surface area contributed by atoms with Crippen molar-refractivity contribution in [2.24, 2.45) is 0 Å². The smallest absolute Gasteiger partial charge is 0.295 e. The third-order valence-corrected chi connectivity index (χ3v) is 3.29. The van der Waals surface area contributed by atoms with Crippen LogP contribution < -0.4 is 5.32 Å². The lowest BCUT2D eigenvalue weighted by Crippen LogP contribution is -2.03. The molecule has 2 N–H and O–H groups in total. The van der Waals surface area contributed by atoms with Crippen LogP contribution in [0.4, 0.5) is 15.8 Å². The third kappa shape index (κ3) is 3.24. The monoisotopic (exact) mass is 340 g/mol. The van der Waals surface area contributed by atoms with Crippen molar-refractivity contribution < 1.29 is 14.4 Å². The minimum absolute atomic E-state index is 0.113. The lowest BCUT2D eigenvalue weighted by Gasteiger charge is -2.08. The maximum Gasteiger partial charge on any atom is 0.295 e. The van der Waals surface area contributed by atoms with Gasteiger partial charge in [0.15, 0.2) is 0 Å². The van der Waals surface area contributed by atoms with Gasteiger partial charge in [-0.3, -0.25) is 10.1 Å². The maximum atomic E-state index is 13.0. The zero-order valence-corrected chi connectivity index (χ0v) is 11.7. The first kappa shape index (κ1) is 14.3. The Labute approximate surface area is 122 Å². The molecule has 2 aromatic rings. The summed E-state index contributed by atoms with van der Waals surface area (Å²) in [5.74, 6) is -0.545. The van der Waals surface area contributed by atoms with Crippen molar-refractivity contribution in [2.75, 3.05) is 5.32 Å². The fraction of sp³-hybridized carbons (Fsp3) is 0.0769. The average Bonchev–Trinajstić information content (AvgIpc) is 2.41. The fourth-order valence-electron chi connectivity index (χ4n) is 1.66. The summed E-state index contributed by atoms with van der Waals surface area (Å²) in [4.78, 5) is 10.2. The Morgan fingerprint density at radius 1 is 1.30 bits per heavy atom. The Kier molecular flexibility index (Phi) is 4.19. The first-order valence-corrected chi connectivity index (χ1v) is 6.42. The molecule has 0 aliphatic rings. The molecule has 0 saturated heterocycles. The van der Waals surface area contributed by atoms with E-state index in [2.05, 4.69) is 21.2 Å². The summed E-state index contributed by atoms with van der Waals surface area (Å²) in [5.41, 5.74) is 0.733. The Morgan fingerprint density at radius 3 is 2.70 bits per heavy atom. The van der Waals surface area contributed by atoms with E-state index in [0.29, 0.717) is 11.0 Å². The number of nitrogens with zero attached hydrogens (tertiary/aromatic N) is 1. The van der Waals surface area contributed by atoms with Gasteiger partial charge in [0.05, 0.1) is 15.5 Å². The summed E-state index contributed by atoms with van der Waals surface area (Å²) in [5, 5.41) is 23.1. The second-order valence-corrected chi connectivity index (χ2v) is 4.91. The number of hydrogen-bond acceptors (Lipinski definition) is 4. The molecule has 0 bridgehead atoms. The van der Waals surface area contributed by atoms with E-state index in [1.54, 1.807) is 12.1 Å². The average molecular weight is 341 g/mol. The molecule has 0 fully saturated rings. The molecular weight excluding hydrogens is 331 g/mol. The molecule has 0 atom stereocenters. The van der Waals surface area contributed by atoms with Crippen molar-refractivity contribution in [2.45, 2.75) is 6.54 Å². The summed E-state index contributed by atoms with van der Waals surface area (Å²) in [7, 11) is 0. The SMILES string of the molecule is O=[N+]([O-])c1cc(F)ccc1NCc1ccc(O)c(Br)c1. The molecule has 2 aromatic carbocycles. The van der Waals surface area contributed by atoms with Crippen LogP contribution in [0, 0.1) is 15.9 Å². The van der Waals surface area contributed by atoms with Crippen molar-refractivity contribution in [1.82, 2.24) is 0 Å². The third-order valence-electron chi connectivity index (χ3n) is 2.65. The van der Waals surface area contributed by atoms with Crippen LogP contribution in [0.15, 0.2) is 40.9 Å². The Bertz CT molecular complexity index is 664. The summed E-state index contributed by atoms with van der Waals surface area (Å²) in [6, 6.07) is 8.24. The van der Waals surface area contributed by atoms with Gasteiger partial charge in [-0.25, -0.2) is 4.39 Å². The number of nitro benzene ring substituents is 1. The lowest BCUT2D eigenvalue weighted by molar-refractivity contribution is -0.384. The van der Waals surface area contributed by atoms with E-state index in [1.165, 1.54) is 12.1 Å². The van der Waals surface area contributed by atoms with Crippen molar-refractivity contribution in [3.63, 3.8) is 0 Å². The quantitative estimate of drug-likeness (QED) is 0.655. The van der Waals surface area contributed by atoms with Gasteiger partial charge >= 0.3 is 0 Å². The molecule has 0 spiro atoms. The number of rotatable bonds is 4. The van der Waals surface area contributed by atoms with Gasteiger partial charge in [0.2, 0.25) is 0 Å². The number of nitro groups is 1. The normalized spacial score (nSPS) is 10.3. The summed E-state index contributed by atoms with van der Waals surface area (Å²) in [6.07, 6.45) is 0. The van der Waals surface area contributed by atoms with Crippen LogP contribution in [-0.2, 0) is 6.54 Å². The number of phenolic OH excluding ortho intramolecular Hbond substituents is 1. The van der Waals surface area contributed by atoms with Crippen molar-refractivity contribution >= 4 is 27.3 Å². The molecule has 5 nitrogen and oxygen atoms in total. The van der Waals surface area contributed by atoms with Crippen LogP contribution in [0.25, 0.3) is 0 Å². The summed E-state index contributed by atoms with van der Waals surface area (Å²) in [6.45, 7) is 0.311. The molecule has 0 saturated carbocycles. The predicted octanol–water partition coefficient (Wildman–Crippen LogP) is 3.81. The zero-order valence-electron chi connectivity index (χ0n) is 10.1. The van der Waals surface area contributed by atoms with Gasteiger partial charge in [0.25, 0.3) is 5.69 Å². The van der Waals surface area contributed by atoms with E-state index >= 15 is 0 Å². The predicted molar refractivity (Wildman–Crippen MR) is 76.2 cm³/mol. The number of halogens is 2. The largest absolute Gasteiger partial charge is 0.507 e. The van der Waals surface area contributed by atoms with Crippen molar-refractivity contribution in [1.29, 1.82) is 0 Å². The van der Waals surface area contributed by atoms with Crippen LogP contribution in [0.5, 0.6) is 5.75 Å². The van der Waals surface area contributed by atoms with E-state index in [1.807, 2.05) is 0 Å². The number of benzene rings is 2.